The van der Waals surface area contributed by atoms with E-state index >= 15 is 4.39 Å². The van der Waals surface area contributed by atoms with Crippen LogP contribution in [0.4, 0.5) is 15.0 Å². The molecule has 44 heavy (non-hydrogen) atoms. The first kappa shape index (κ1) is 30.7. The first-order valence-corrected chi connectivity index (χ1v) is 14.5. The molecule has 1 aliphatic heterocycles. The van der Waals surface area contributed by atoms with Gasteiger partial charge in [0.2, 0.25) is 5.95 Å². The molecule has 2 aromatic heterocycles. The quantitative estimate of drug-likeness (QED) is 0.234. The molecule has 3 heterocycles. The molecule has 11 heteroatoms. The Morgan fingerprint density at radius 3 is 2.02 bits per heavy atom. The molecule has 1 fully saturated rings. The molecule has 230 valence electrons. The molecule has 1 atom stereocenters. The van der Waals surface area contributed by atoms with Crippen molar-refractivity contribution in [1.29, 1.82) is 0 Å². The Kier molecular flexibility index (Phi) is 9.54. The van der Waals surface area contributed by atoms with Crippen LogP contribution in [0.1, 0.15) is 35.5 Å². The van der Waals surface area contributed by atoms with Gasteiger partial charge in [-0.3, -0.25) is 4.90 Å². The topological polar surface area (TPSA) is 104 Å². The van der Waals surface area contributed by atoms with E-state index in [1.54, 1.807) is 39.5 Å². The lowest BCUT2D eigenvalue weighted by atomic mass is 10.0. The van der Waals surface area contributed by atoms with E-state index in [9.17, 15) is 9.90 Å². The molecule has 0 aliphatic carbocycles. The Labute approximate surface area is 256 Å². The highest BCUT2D eigenvalue weighted by Crippen LogP contribution is 2.30. The zero-order valence-corrected chi connectivity index (χ0v) is 25.4. The number of amides is 1. The van der Waals surface area contributed by atoms with Gasteiger partial charge in [0, 0.05) is 57.6 Å². The fraction of sp³-hybridized carbons (Fsp3) is 0.333. The molecule has 1 amide bonds. The smallest absolute Gasteiger partial charge is 0.407 e. The number of carboxylic acid groups (broad SMARTS) is 1. The number of benzene rings is 2. The van der Waals surface area contributed by atoms with Gasteiger partial charge >= 0.3 is 6.09 Å². The number of hydrogen-bond acceptors (Lipinski definition) is 8. The van der Waals surface area contributed by atoms with E-state index in [0.29, 0.717) is 62.2 Å². The Morgan fingerprint density at radius 2 is 1.50 bits per heavy atom. The number of pyridine rings is 1. The van der Waals surface area contributed by atoms with Gasteiger partial charge in [-0.1, -0.05) is 24.3 Å². The predicted octanol–water partition coefficient (Wildman–Crippen LogP) is 5.57. The maximum Gasteiger partial charge on any atom is 0.407 e. The third-order valence-electron chi connectivity index (χ3n) is 7.96. The molecule has 4 aromatic rings. The number of aromatic nitrogens is 3. The molecule has 0 unspecified atom stereocenters. The van der Waals surface area contributed by atoms with Crippen molar-refractivity contribution in [3.8, 4) is 22.8 Å². The van der Waals surface area contributed by atoms with Gasteiger partial charge in [0.25, 0.3) is 0 Å². The fourth-order valence-electron chi connectivity index (χ4n) is 5.36. The molecule has 0 saturated carbocycles. The summed E-state index contributed by atoms with van der Waals surface area (Å²) in [7, 11) is 3.28. The van der Waals surface area contributed by atoms with Gasteiger partial charge in [-0.2, -0.15) is 4.39 Å². The third-order valence-corrected chi connectivity index (χ3v) is 7.96. The normalized spacial score (nSPS) is 14.2. The number of carbonyl (C=O) groups is 1. The summed E-state index contributed by atoms with van der Waals surface area (Å²) in [6.07, 6.45) is 0.632. The van der Waals surface area contributed by atoms with Crippen LogP contribution in [0.15, 0.2) is 66.9 Å². The van der Waals surface area contributed by atoms with E-state index < -0.39 is 12.0 Å². The zero-order chi connectivity index (χ0) is 31.2. The van der Waals surface area contributed by atoms with Crippen LogP contribution in [0, 0.1) is 12.9 Å². The van der Waals surface area contributed by atoms with Gasteiger partial charge in [-0.25, -0.2) is 19.7 Å². The van der Waals surface area contributed by atoms with Crippen molar-refractivity contribution >= 4 is 11.9 Å². The van der Waals surface area contributed by atoms with Gasteiger partial charge in [0.1, 0.15) is 23.1 Å². The van der Waals surface area contributed by atoms with Crippen molar-refractivity contribution in [3.05, 3.63) is 95.3 Å². The molecule has 0 radical (unpaired) electrons. The summed E-state index contributed by atoms with van der Waals surface area (Å²) in [6, 6.07) is 19.3. The summed E-state index contributed by atoms with van der Waals surface area (Å²) in [5.41, 5.74) is 3.68. The van der Waals surface area contributed by atoms with Crippen LogP contribution in [0.25, 0.3) is 11.3 Å². The van der Waals surface area contributed by atoms with Crippen molar-refractivity contribution in [3.63, 3.8) is 0 Å². The number of halogens is 1. The van der Waals surface area contributed by atoms with Crippen LogP contribution in [0.5, 0.6) is 11.5 Å². The van der Waals surface area contributed by atoms with Gasteiger partial charge < -0.3 is 24.4 Å². The standard InChI is InChI=1S/C33H37FN6O4/c1-22(38-13-15-39(16-14-38)33(41)42)26-17-29(32(34)35-19-26)30-18-31(37-23(2)36-30)40(20-24-5-9-27(43-3)10-6-24)21-25-7-11-28(44-4)12-8-25/h5-12,17-19,22H,13-16,20-21H2,1-4H3,(H,41,42)/t22-/m1/s1. The molecule has 2 aromatic carbocycles. The molecular formula is C33H37FN6O4. The van der Waals surface area contributed by atoms with Crippen LogP contribution < -0.4 is 14.4 Å². The van der Waals surface area contributed by atoms with E-state index in [1.165, 1.54) is 4.90 Å². The number of hydrogen-bond donors (Lipinski definition) is 1. The molecule has 0 bridgehead atoms. The first-order valence-electron chi connectivity index (χ1n) is 14.5. The van der Waals surface area contributed by atoms with E-state index in [0.717, 1.165) is 28.2 Å². The van der Waals surface area contributed by atoms with E-state index in [2.05, 4.69) is 19.8 Å². The lowest BCUT2D eigenvalue weighted by Crippen LogP contribution is -2.48. The highest BCUT2D eigenvalue weighted by Gasteiger charge is 2.25. The molecule has 1 N–H and O–H groups in total. The average Bonchev–Trinajstić information content (AvgIpc) is 3.04. The Balaban J connectivity index is 1.46. The largest absolute Gasteiger partial charge is 0.497 e. The van der Waals surface area contributed by atoms with E-state index in [-0.39, 0.29) is 6.04 Å². The number of methoxy groups -OCH3 is 2. The number of piperazine rings is 1. The summed E-state index contributed by atoms with van der Waals surface area (Å²) in [5.74, 6) is 2.10. The lowest BCUT2D eigenvalue weighted by molar-refractivity contribution is 0.0888. The second-order valence-electron chi connectivity index (χ2n) is 10.8. The minimum absolute atomic E-state index is 0.0816. The lowest BCUT2D eigenvalue weighted by Gasteiger charge is -2.37. The second kappa shape index (κ2) is 13.7. The number of anilines is 1. The summed E-state index contributed by atoms with van der Waals surface area (Å²) in [6.45, 7) is 6.94. The summed E-state index contributed by atoms with van der Waals surface area (Å²) in [5, 5.41) is 9.29. The van der Waals surface area contributed by atoms with E-state index in [1.807, 2.05) is 55.5 Å². The monoisotopic (exact) mass is 600 g/mol. The van der Waals surface area contributed by atoms with Crippen LogP contribution in [-0.2, 0) is 13.1 Å². The highest BCUT2D eigenvalue weighted by atomic mass is 19.1. The summed E-state index contributed by atoms with van der Waals surface area (Å²) in [4.78, 5) is 30.5. The number of aryl methyl sites for hydroxylation is 1. The Hall–Kier alpha value is -4.77. The third kappa shape index (κ3) is 7.23. The molecule has 1 aliphatic rings. The number of nitrogens with zero attached hydrogens (tertiary/aromatic N) is 6. The van der Waals surface area contributed by atoms with Crippen molar-refractivity contribution in [1.82, 2.24) is 24.8 Å². The number of ether oxygens (including phenoxy) is 2. The van der Waals surface area contributed by atoms with Crippen molar-refractivity contribution in [2.75, 3.05) is 45.3 Å². The maximum atomic E-state index is 15.3. The fourth-order valence-corrected chi connectivity index (χ4v) is 5.36. The Bertz CT molecular complexity index is 1530. The number of rotatable bonds is 10. The SMILES string of the molecule is COc1ccc(CN(Cc2ccc(OC)cc2)c2cc(-c3cc([C@@H](C)N4CCN(C(=O)O)CC4)cnc3F)nc(C)n2)cc1. The second-order valence-corrected chi connectivity index (χ2v) is 10.8. The first-order chi connectivity index (χ1) is 21.2. The molecule has 5 rings (SSSR count). The van der Waals surface area contributed by atoms with E-state index in [4.69, 9.17) is 14.5 Å². The zero-order valence-electron chi connectivity index (χ0n) is 25.4. The van der Waals surface area contributed by atoms with Crippen molar-refractivity contribution in [2.45, 2.75) is 33.0 Å². The summed E-state index contributed by atoms with van der Waals surface area (Å²) < 4.78 is 26.0. The molecule has 1 saturated heterocycles. The minimum atomic E-state index is -0.911. The van der Waals surface area contributed by atoms with Crippen LogP contribution >= 0.6 is 0 Å². The predicted molar refractivity (Wildman–Crippen MR) is 165 cm³/mol. The molecule has 10 nitrogen and oxygen atoms in total. The van der Waals surface area contributed by atoms with Gasteiger partial charge in [0.05, 0.1) is 25.5 Å². The highest BCUT2D eigenvalue weighted by molar-refractivity contribution is 5.65. The maximum absolute atomic E-state index is 15.3. The van der Waals surface area contributed by atoms with Gasteiger partial charge in [-0.15, -0.1) is 0 Å². The minimum Gasteiger partial charge on any atom is -0.497 e. The van der Waals surface area contributed by atoms with Crippen LogP contribution in [0.2, 0.25) is 0 Å². The van der Waals surface area contributed by atoms with Gasteiger partial charge in [0.15, 0.2) is 0 Å². The van der Waals surface area contributed by atoms with Crippen LogP contribution in [-0.4, -0.2) is 76.4 Å². The Morgan fingerprint density at radius 1 is 0.932 bits per heavy atom. The molecule has 0 spiro atoms. The average molecular weight is 601 g/mol. The van der Waals surface area contributed by atoms with Crippen LogP contribution in [0.3, 0.4) is 0 Å². The van der Waals surface area contributed by atoms with Crippen molar-refractivity contribution < 1.29 is 23.8 Å². The van der Waals surface area contributed by atoms with Gasteiger partial charge in [-0.05, 0) is 60.9 Å². The molecular weight excluding hydrogens is 563 g/mol. The summed E-state index contributed by atoms with van der Waals surface area (Å²) >= 11 is 0. The van der Waals surface area contributed by atoms with Crippen molar-refractivity contribution in [2.24, 2.45) is 0 Å².